The van der Waals surface area contributed by atoms with Crippen molar-refractivity contribution >= 4 is 29.3 Å². The van der Waals surface area contributed by atoms with Crippen LogP contribution in [0.3, 0.4) is 0 Å². The SMILES string of the molecule is CSc1ccccc1Oc1cc(C(=O)O)cc(Cl)n1. The minimum Gasteiger partial charge on any atom is -0.478 e. The topological polar surface area (TPSA) is 59.4 Å². The van der Waals surface area contributed by atoms with E-state index in [4.69, 9.17) is 21.4 Å². The summed E-state index contributed by atoms with van der Waals surface area (Å²) in [6, 6.07) is 10.0. The summed E-state index contributed by atoms with van der Waals surface area (Å²) in [6.45, 7) is 0. The van der Waals surface area contributed by atoms with E-state index < -0.39 is 5.97 Å². The van der Waals surface area contributed by atoms with Crippen LogP contribution in [0.2, 0.25) is 5.15 Å². The van der Waals surface area contributed by atoms with Crippen LogP contribution in [0, 0.1) is 0 Å². The highest BCUT2D eigenvalue weighted by atomic mass is 35.5. The van der Waals surface area contributed by atoms with E-state index in [0.717, 1.165) is 4.90 Å². The lowest BCUT2D eigenvalue weighted by Gasteiger charge is -2.09. The molecule has 6 heteroatoms. The molecule has 1 N–H and O–H groups in total. The van der Waals surface area contributed by atoms with Crippen LogP contribution in [0.4, 0.5) is 0 Å². The fourth-order valence-corrected chi connectivity index (χ4v) is 2.19. The Hall–Kier alpha value is -1.72. The highest BCUT2D eigenvalue weighted by Gasteiger charge is 2.10. The van der Waals surface area contributed by atoms with E-state index in [1.807, 2.05) is 24.5 Å². The van der Waals surface area contributed by atoms with Gasteiger partial charge in [-0.3, -0.25) is 0 Å². The van der Waals surface area contributed by atoms with Crippen LogP contribution < -0.4 is 4.74 Å². The molecular weight excluding hydrogens is 286 g/mol. The predicted molar refractivity (Wildman–Crippen MR) is 74.5 cm³/mol. The molecule has 0 bridgehead atoms. The average Bonchev–Trinajstić information content (AvgIpc) is 2.38. The van der Waals surface area contributed by atoms with Crippen LogP contribution in [0.15, 0.2) is 41.3 Å². The number of para-hydroxylation sites is 1. The molecule has 19 heavy (non-hydrogen) atoms. The number of ether oxygens (including phenoxy) is 1. The summed E-state index contributed by atoms with van der Waals surface area (Å²) >= 11 is 7.30. The molecule has 0 atom stereocenters. The molecule has 0 spiro atoms. The van der Waals surface area contributed by atoms with Crippen LogP contribution in [0.1, 0.15) is 10.4 Å². The number of nitrogens with zero attached hydrogens (tertiary/aromatic N) is 1. The van der Waals surface area contributed by atoms with E-state index in [9.17, 15) is 4.79 Å². The molecule has 0 saturated carbocycles. The normalized spacial score (nSPS) is 10.2. The third kappa shape index (κ3) is 3.39. The molecule has 0 amide bonds. The molecule has 1 aromatic heterocycles. The molecule has 2 rings (SSSR count). The number of aromatic nitrogens is 1. The van der Waals surface area contributed by atoms with Crippen molar-refractivity contribution in [3.8, 4) is 11.6 Å². The smallest absolute Gasteiger partial charge is 0.335 e. The van der Waals surface area contributed by atoms with Crippen molar-refractivity contribution in [3.05, 3.63) is 47.1 Å². The van der Waals surface area contributed by atoms with Gasteiger partial charge in [0.15, 0.2) is 0 Å². The fraction of sp³-hybridized carbons (Fsp3) is 0.0769. The van der Waals surface area contributed by atoms with Gasteiger partial charge in [-0.1, -0.05) is 23.7 Å². The lowest BCUT2D eigenvalue weighted by Crippen LogP contribution is -1.99. The number of pyridine rings is 1. The van der Waals surface area contributed by atoms with Crippen molar-refractivity contribution in [1.29, 1.82) is 0 Å². The van der Waals surface area contributed by atoms with Crippen molar-refractivity contribution < 1.29 is 14.6 Å². The van der Waals surface area contributed by atoms with Gasteiger partial charge < -0.3 is 9.84 Å². The first-order chi connectivity index (χ1) is 9.10. The molecule has 4 nitrogen and oxygen atoms in total. The van der Waals surface area contributed by atoms with Crippen LogP contribution in [-0.4, -0.2) is 22.3 Å². The van der Waals surface area contributed by atoms with E-state index >= 15 is 0 Å². The monoisotopic (exact) mass is 295 g/mol. The Morgan fingerprint density at radius 1 is 1.37 bits per heavy atom. The van der Waals surface area contributed by atoms with Gasteiger partial charge in [0.2, 0.25) is 5.88 Å². The van der Waals surface area contributed by atoms with Gasteiger partial charge in [-0.05, 0) is 24.5 Å². The van der Waals surface area contributed by atoms with Crippen LogP contribution in [0.5, 0.6) is 11.6 Å². The Bertz CT molecular complexity index is 619. The zero-order valence-corrected chi connectivity index (χ0v) is 11.5. The number of thioether (sulfide) groups is 1. The van der Waals surface area contributed by atoms with Gasteiger partial charge in [0.25, 0.3) is 0 Å². The molecular formula is C13H10ClNO3S. The predicted octanol–water partition coefficient (Wildman–Crippen LogP) is 3.95. The molecule has 98 valence electrons. The lowest BCUT2D eigenvalue weighted by atomic mass is 10.3. The van der Waals surface area contributed by atoms with Gasteiger partial charge >= 0.3 is 5.97 Å². The minimum absolute atomic E-state index is 0.0385. The molecule has 0 fully saturated rings. The average molecular weight is 296 g/mol. The number of carboxylic acid groups (broad SMARTS) is 1. The number of benzene rings is 1. The summed E-state index contributed by atoms with van der Waals surface area (Å²) in [5.41, 5.74) is 0.0385. The van der Waals surface area contributed by atoms with Gasteiger partial charge in [0.05, 0.1) is 5.56 Å². The van der Waals surface area contributed by atoms with Crippen LogP contribution in [-0.2, 0) is 0 Å². The van der Waals surface area contributed by atoms with Gasteiger partial charge in [0, 0.05) is 11.0 Å². The third-order valence-electron chi connectivity index (χ3n) is 2.30. The highest BCUT2D eigenvalue weighted by Crippen LogP contribution is 2.31. The first-order valence-electron chi connectivity index (χ1n) is 5.32. The van der Waals surface area contributed by atoms with Crippen LogP contribution in [0.25, 0.3) is 0 Å². The zero-order valence-electron chi connectivity index (χ0n) is 9.96. The molecule has 0 saturated heterocycles. The van der Waals surface area contributed by atoms with Gasteiger partial charge in [0.1, 0.15) is 10.9 Å². The summed E-state index contributed by atoms with van der Waals surface area (Å²) in [5.74, 6) is -0.306. The molecule has 0 aliphatic rings. The Morgan fingerprint density at radius 2 is 2.11 bits per heavy atom. The van der Waals surface area contributed by atoms with Gasteiger partial charge in [-0.2, -0.15) is 0 Å². The standard InChI is InChI=1S/C13H10ClNO3S/c1-19-10-5-3-2-4-9(10)18-12-7-8(13(16)17)6-11(14)15-12/h2-7H,1H3,(H,16,17). The molecule has 0 aliphatic carbocycles. The number of aromatic carboxylic acids is 1. The Kier molecular flexibility index (Phi) is 4.29. The highest BCUT2D eigenvalue weighted by molar-refractivity contribution is 7.98. The van der Waals surface area contributed by atoms with E-state index in [1.54, 1.807) is 6.07 Å². The maximum Gasteiger partial charge on any atom is 0.335 e. The Morgan fingerprint density at radius 3 is 2.79 bits per heavy atom. The fourth-order valence-electron chi connectivity index (χ4n) is 1.46. The second-order valence-corrected chi connectivity index (χ2v) is 4.81. The van der Waals surface area contributed by atoms with Crippen LogP contribution >= 0.6 is 23.4 Å². The number of carboxylic acids is 1. The Labute approximate surface area is 119 Å². The maximum absolute atomic E-state index is 10.9. The maximum atomic E-state index is 10.9. The van der Waals surface area contributed by atoms with Crippen molar-refractivity contribution in [2.45, 2.75) is 4.90 Å². The number of hydrogen-bond acceptors (Lipinski definition) is 4. The largest absolute Gasteiger partial charge is 0.478 e. The third-order valence-corrected chi connectivity index (χ3v) is 3.27. The quantitative estimate of drug-likeness (QED) is 0.683. The van der Waals surface area contributed by atoms with E-state index in [1.165, 1.54) is 23.9 Å². The summed E-state index contributed by atoms with van der Waals surface area (Å²) in [5, 5.41) is 9.03. The zero-order chi connectivity index (χ0) is 13.8. The molecule has 1 aromatic carbocycles. The summed E-state index contributed by atoms with van der Waals surface area (Å²) in [7, 11) is 0. The number of carbonyl (C=O) groups is 1. The summed E-state index contributed by atoms with van der Waals surface area (Å²) < 4.78 is 5.59. The molecule has 0 unspecified atom stereocenters. The summed E-state index contributed by atoms with van der Waals surface area (Å²) in [4.78, 5) is 15.8. The number of halogens is 1. The first kappa shape index (κ1) is 13.7. The molecule has 1 heterocycles. The second kappa shape index (κ2) is 5.95. The van der Waals surface area contributed by atoms with Crippen molar-refractivity contribution in [3.63, 3.8) is 0 Å². The number of hydrogen-bond donors (Lipinski definition) is 1. The number of rotatable bonds is 4. The molecule has 2 aromatic rings. The lowest BCUT2D eigenvalue weighted by molar-refractivity contribution is 0.0696. The Balaban J connectivity index is 2.35. The first-order valence-corrected chi connectivity index (χ1v) is 6.92. The van der Waals surface area contributed by atoms with Crippen molar-refractivity contribution in [1.82, 2.24) is 4.98 Å². The molecule has 0 radical (unpaired) electrons. The van der Waals surface area contributed by atoms with Gasteiger partial charge in [-0.15, -0.1) is 11.8 Å². The second-order valence-electron chi connectivity index (χ2n) is 3.57. The van der Waals surface area contributed by atoms with Crippen molar-refractivity contribution in [2.75, 3.05) is 6.26 Å². The van der Waals surface area contributed by atoms with Gasteiger partial charge in [-0.25, -0.2) is 9.78 Å². The van der Waals surface area contributed by atoms with E-state index in [0.29, 0.717) is 5.75 Å². The molecule has 0 aliphatic heterocycles. The summed E-state index contributed by atoms with van der Waals surface area (Å²) in [6.07, 6.45) is 1.93. The van der Waals surface area contributed by atoms with E-state index in [2.05, 4.69) is 4.98 Å². The van der Waals surface area contributed by atoms with E-state index in [-0.39, 0.29) is 16.6 Å². The minimum atomic E-state index is -1.08. The van der Waals surface area contributed by atoms with Crippen molar-refractivity contribution in [2.24, 2.45) is 0 Å².